The van der Waals surface area contributed by atoms with E-state index in [1.54, 1.807) is 7.11 Å². The molecule has 2 atom stereocenters. The van der Waals surface area contributed by atoms with Gasteiger partial charge in [0.2, 0.25) is 0 Å². The summed E-state index contributed by atoms with van der Waals surface area (Å²) in [4.78, 5) is 10.6. The van der Waals surface area contributed by atoms with Gasteiger partial charge in [-0.1, -0.05) is 31.5 Å². The van der Waals surface area contributed by atoms with Crippen LogP contribution in [-0.2, 0) is 23.7 Å². The van der Waals surface area contributed by atoms with Gasteiger partial charge in [0.05, 0.1) is 25.9 Å². The van der Waals surface area contributed by atoms with E-state index in [-0.39, 0.29) is 18.8 Å². The van der Waals surface area contributed by atoms with Crippen molar-refractivity contribution in [1.29, 1.82) is 0 Å². The minimum Gasteiger partial charge on any atom is -0.491 e. The molecule has 0 aromatic heterocycles. The molecule has 166 valence electrons. The van der Waals surface area contributed by atoms with Crippen LogP contribution in [0.2, 0.25) is 0 Å². The van der Waals surface area contributed by atoms with Crippen molar-refractivity contribution in [3.8, 4) is 5.75 Å². The molecule has 1 N–H and O–H groups in total. The van der Waals surface area contributed by atoms with Crippen LogP contribution in [0.4, 0.5) is 0 Å². The van der Waals surface area contributed by atoms with Gasteiger partial charge in [0.25, 0.3) is 0 Å². The summed E-state index contributed by atoms with van der Waals surface area (Å²) < 4.78 is 28.3. The Labute approximate surface area is 174 Å². The van der Waals surface area contributed by atoms with Gasteiger partial charge in [-0.3, -0.25) is 4.79 Å². The Balaban J connectivity index is 2.36. The van der Waals surface area contributed by atoms with Gasteiger partial charge in [0.15, 0.2) is 6.29 Å². The van der Waals surface area contributed by atoms with E-state index >= 15 is 0 Å². The van der Waals surface area contributed by atoms with E-state index in [1.165, 1.54) is 0 Å². The number of carboxylic acids is 1. The number of hydrogen-bond acceptors (Lipinski definition) is 6. The normalized spacial score (nSPS) is 13.2. The molecule has 7 nitrogen and oxygen atoms in total. The fourth-order valence-corrected chi connectivity index (χ4v) is 2.68. The number of hydrogen-bond donors (Lipinski definition) is 1. The van der Waals surface area contributed by atoms with E-state index in [1.807, 2.05) is 30.3 Å². The molecule has 0 aliphatic heterocycles. The summed E-state index contributed by atoms with van der Waals surface area (Å²) in [6.07, 6.45) is 3.59. The van der Waals surface area contributed by atoms with Crippen LogP contribution in [0, 0.1) is 0 Å². The van der Waals surface area contributed by atoms with Crippen molar-refractivity contribution in [2.75, 3.05) is 40.1 Å². The maximum absolute atomic E-state index is 10.6. The number of unbranched alkanes of at least 4 members (excludes halogenated alkanes) is 2. The summed E-state index contributed by atoms with van der Waals surface area (Å²) in [5.41, 5.74) is 0. The number of aliphatic carboxylic acids is 1. The number of benzene rings is 1. The predicted octanol–water partition coefficient (Wildman–Crippen LogP) is 3.90. The van der Waals surface area contributed by atoms with Gasteiger partial charge in [-0.25, -0.2) is 0 Å². The zero-order chi connectivity index (χ0) is 21.2. The molecule has 0 amide bonds. The molecule has 0 heterocycles. The fraction of sp³-hybridized carbons (Fsp3) is 0.682. The molecule has 1 aromatic carbocycles. The van der Waals surface area contributed by atoms with Crippen molar-refractivity contribution in [3.05, 3.63) is 30.3 Å². The minimum absolute atomic E-state index is 0.0252. The van der Waals surface area contributed by atoms with Crippen molar-refractivity contribution >= 4 is 5.97 Å². The Bertz CT molecular complexity index is 509. The second-order valence-electron chi connectivity index (χ2n) is 6.67. The molecule has 0 fully saturated rings. The third kappa shape index (κ3) is 14.0. The molecule has 0 spiro atoms. The number of methoxy groups -OCH3 is 1. The maximum atomic E-state index is 10.6. The molecule has 0 radical (unpaired) electrons. The maximum Gasteiger partial charge on any atom is 0.303 e. The summed E-state index contributed by atoms with van der Waals surface area (Å²) >= 11 is 0. The second-order valence-corrected chi connectivity index (χ2v) is 6.67. The highest BCUT2D eigenvalue weighted by Gasteiger charge is 2.17. The topological polar surface area (TPSA) is 83.5 Å². The van der Waals surface area contributed by atoms with Crippen LogP contribution >= 0.6 is 0 Å². The summed E-state index contributed by atoms with van der Waals surface area (Å²) in [6.45, 7) is 4.53. The molecule has 0 saturated heterocycles. The quantitative estimate of drug-likeness (QED) is 0.272. The third-order valence-electron chi connectivity index (χ3n) is 4.29. The van der Waals surface area contributed by atoms with Crippen LogP contribution in [0.1, 0.15) is 45.4 Å². The van der Waals surface area contributed by atoms with Crippen LogP contribution < -0.4 is 4.74 Å². The monoisotopic (exact) mass is 412 g/mol. The van der Waals surface area contributed by atoms with Gasteiger partial charge < -0.3 is 28.8 Å². The number of para-hydroxylation sites is 1. The van der Waals surface area contributed by atoms with E-state index in [2.05, 4.69) is 6.92 Å². The highest BCUT2D eigenvalue weighted by molar-refractivity contribution is 5.66. The number of ether oxygens (including phenoxy) is 5. The van der Waals surface area contributed by atoms with Gasteiger partial charge >= 0.3 is 5.97 Å². The fourth-order valence-electron chi connectivity index (χ4n) is 2.68. The van der Waals surface area contributed by atoms with Crippen LogP contribution in [-0.4, -0.2) is 63.6 Å². The number of carbonyl (C=O) groups is 1. The van der Waals surface area contributed by atoms with Gasteiger partial charge in [0.1, 0.15) is 12.4 Å². The van der Waals surface area contributed by atoms with Crippen LogP contribution in [0.5, 0.6) is 5.75 Å². The van der Waals surface area contributed by atoms with Crippen LogP contribution in [0.25, 0.3) is 0 Å². The standard InChI is InChI=1S/C22H36O7/c1-3-19(26-15-14-25-2)18-22(28-13-9-5-8-12-21(23)24)29-17-16-27-20-10-6-4-7-11-20/h4,6-7,10-11,19,22H,3,5,8-9,12-18H2,1-2H3,(H,23,24). The molecular formula is C22H36O7. The zero-order valence-corrected chi connectivity index (χ0v) is 17.7. The average Bonchev–Trinajstić information content (AvgIpc) is 2.73. The number of rotatable bonds is 19. The first kappa shape index (κ1) is 25.4. The van der Waals surface area contributed by atoms with Crippen molar-refractivity contribution in [2.45, 2.75) is 57.8 Å². The lowest BCUT2D eigenvalue weighted by atomic mass is 10.2. The molecule has 0 aliphatic rings. The first-order valence-corrected chi connectivity index (χ1v) is 10.4. The van der Waals surface area contributed by atoms with Crippen molar-refractivity contribution in [3.63, 3.8) is 0 Å². The van der Waals surface area contributed by atoms with Gasteiger partial charge in [-0.2, -0.15) is 0 Å². The first-order chi connectivity index (χ1) is 14.2. The molecule has 7 heteroatoms. The zero-order valence-electron chi connectivity index (χ0n) is 17.7. The van der Waals surface area contributed by atoms with Crippen molar-refractivity contribution in [1.82, 2.24) is 0 Å². The van der Waals surface area contributed by atoms with E-state index in [0.29, 0.717) is 45.9 Å². The summed E-state index contributed by atoms with van der Waals surface area (Å²) in [6, 6.07) is 9.60. The Kier molecular flexibility index (Phi) is 15.1. The first-order valence-electron chi connectivity index (χ1n) is 10.4. The summed E-state index contributed by atoms with van der Waals surface area (Å²) in [5.74, 6) is 0.0471. The van der Waals surface area contributed by atoms with Gasteiger partial charge in [-0.05, 0) is 31.4 Å². The average molecular weight is 413 g/mol. The van der Waals surface area contributed by atoms with Gasteiger partial charge in [-0.15, -0.1) is 0 Å². The SMILES string of the molecule is CCC(CC(OCCCCCC(=O)O)OCCOc1ccccc1)OCCOC. The largest absolute Gasteiger partial charge is 0.491 e. The van der Waals surface area contributed by atoms with E-state index in [9.17, 15) is 4.79 Å². The lowest BCUT2D eigenvalue weighted by Gasteiger charge is -2.24. The van der Waals surface area contributed by atoms with Crippen molar-refractivity contribution in [2.24, 2.45) is 0 Å². The lowest BCUT2D eigenvalue weighted by molar-refractivity contribution is -0.168. The Morgan fingerprint density at radius 3 is 2.34 bits per heavy atom. The van der Waals surface area contributed by atoms with Crippen LogP contribution in [0.15, 0.2) is 30.3 Å². The smallest absolute Gasteiger partial charge is 0.303 e. The molecule has 1 aromatic rings. The Hall–Kier alpha value is -1.67. The Morgan fingerprint density at radius 2 is 1.66 bits per heavy atom. The van der Waals surface area contributed by atoms with E-state index in [0.717, 1.165) is 25.0 Å². The molecule has 0 aliphatic carbocycles. The van der Waals surface area contributed by atoms with Gasteiger partial charge in [0, 0.05) is 26.6 Å². The lowest BCUT2D eigenvalue weighted by Crippen LogP contribution is -2.28. The van der Waals surface area contributed by atoms with E-state index in [4.69, 9.17) is 28.8 Å². The molecule has 29 heavy (non-hydrogen) atoms. The van der Waals surface area contributed by atoms with Crippen LogP contribution in [0.3, 0.4) is 0 Å². The van der Waals surface area contributed by atoms with Crippen molar-refractivity contribution < 1.29 is 33.6 Å². The predicted molar refractivity (Wildman–Crippen MR) is 110 cm³/mol. The molecule has 0 saturated carbocycles. The highest BCUT2D eigenvalue weighted by Crippen LogP contribution is 2.13. The second kappa shape index (κ2) is 17.2. The van der Waals surface area contributed by atoms with E-state index < -0.39 is 5.97 Å². The summed E-state index contributed by atoms with van der Waals surface area (Å²) in [7, 11) is 1.65. The number of carboxylic acid groups (broad SMARTS) is 1. The highest BCUT2D eigenvalue weighted by atomic mass is 16.7. The third-order valence-corrected chi connectivity index (χ3v) is 4.29. The molecule has 2 unspecified atom stereocenters. The minimum atomic E-state index is -0.760. The molecular weight excluding hydrogens is 376 g/mol. The summed E-state index contributed by atoms with van der Waals surface area (Å²) in [5, 5.41) is 8.69. The molecule has 0 bridgehead atoms. The Morgan fingerprint density at radius 1 is 0.931 bits per heavy atom. The molecule has 1 rings (SSSR count).